The van der Waals surface area contributed by atoms with E-state index in [4.69, 9.17) is 0 Å². The van der Waals surface area contributed by atoms with Crippen molar-refractivity contribution in [3.8, 4) is 0 Å². The van der Waals surface area contributed by atoms with Gasteiger partial charge in [-0.2, -0.15) is 0 Å². The molecule has 2 aromatic rings. The smallest absolute Gasteiger partial charge is 0.207 e. The Morgan fingerprint density at radius 3 is 1.96 bits per heavy atom. The summed E-state index contributed by atoms with van der Waals surface area (Å²) < 4.78 is 27.6. The molecule has 1 aliphatic carbocycles. The lowest BCUT2D eigenvalue weighted by atomic mass is 10.1. The normalized spacial score (nSPS) is 13.8. The van der Waals surface area contributed by atoms with Crippen molar-refractivity contribution in [2.75, 3.05) is 0 Å². The van der Waals surface area contributed by atoms with E-state index in [-0.39, 0.29) is 0 Å². The van der Waals surface area contributed by atoms with Crippen molar-refractivity contribution in [3.05, 3.63) is 106 Å². The highest BCUT2D eigenvalue weighted by molar-refractivity contribution is 14.1. The molecule has 0 bridgehead atoms. The van der Waals surface area contributed by atoms with E-state index < -0.39 is 9.84 Å². The summed E-state index contributed by atoms with van der Waals surface area (Å²) in [5, 5.41) is 0. The van der Waals surface area contributed by atoms with Crippen molar-refractivity contribution < 1.29 is 8.42 Å². The van der Waals surface area contributed by atoms with Crippen LogP contribution in [0.2, 0.25) is 0 Å². The second kappa shape index (κ2) is 7.32. The molecule has 0 heterocycles. The minimum Gasteiger partial charge on any atom is -0.218 e. The fraction of sp³-hybridized carbons (Fsp3) is 0. The highest BCUT2D eigenvalue weighted by Crippen LogP contribution is 2.34. The number of sulfone groups is 1. The summed E-state index contributed by atoms with van der Waals surface area (Å²) in [4.78, 5) is 0.626. The van der Waals surface area contributed by atoms with Gasteiger partial charge in [-0.05, 0) is 46.4 Å². The molecule has 0 saturated carbocycles. The molecule has 0 fully saturated rings. The first kappa shape index (κ1) is 16.9. The molecule has 0 aliphatic heterocycles. The first-order valence-corrected chi connectivity index (χ1v) is 9.97. The summed E-state index contributed by atoms with van der Waals surface area (Å²) in [6.45, 7) is 0. The molecule has 0 unspecified atom stereocenters. The molecule has 3 rings (SSSR count). The molecular formula is C20H15IO2S. The van der Waals surface area contributed by atoms with Crippen molar-refractivity contribution in [1.29, 1.82) is 0 Å². The third-order valence-corrected chi connectivity index (χ3v) is 6.41. The second-order valence-electron chi connectivity index (χ2n) is 5.18. The maximum absolute atomic E-state index is 13.3. The van der Waals surface area contributed by atoms with Crippen LogP contribution in [0.5, 0.6) is 0 Å². The summed E-state index contributed by atoms with van der Waals surface area (Å²) in [5.41, 5.74) is 1.39. The maximum Gasteiger partial charge on any atom is 0.207 e. The third-order valence-electron chi connectivity index (χ3n) is 3.59. The van der Waals surface area contributed by atoms with Crippen molar-refractivity contribution in [3.63, 3.8) is 0 Å². The Hall–Kier alpha value is -1.92. The molecule has 2 aromatic carbocycles. The van der Waals surface area contributed by atoms with Gasteiger partial charge >= 0.3 is 0 Å². The van der Waals surface area contributed by atoms with Gasteiger partial charge in [0.25, 0.3) is 0 Å². The zero-order valence-corrected chi connectivity index (χ0v) is 15.7. The van der Waals surface area contributed by atoms with Gasteiger partial charge in [-0.15, -0.1) is 0 Å². The predicted molar refractivity (Wildman–Crippen MR) is 107 cm³/mol. The van der Waals surface area contributed by atoms with Gasteiger partial charge in [0.1, 0.15) is 0 Å². The van der Waals surface area contributed by atoms with E-state index in [1.165, 1.54) is 0 Å². The van der Waals surface area contributed by atoms with Gasteiger partial charge in [0, 0.05) is 9.13 Å². The quantitative estimate of drug-likeness (QED) is 0.611. The van der Waals surface area contributed by atoms with Gasteiger partial charge < -0.3 is 0 Å². The Labute approximate surface area is 156 Å². The van der Waals surface area contributed by atoms with Crippen LogP contribution in [0.1, 0.15) is 5.56 Å². The van der Waals surface area contributed by atoms with Crippen LogP contribution >= 0.6 is 22.6 Å². The average Bonchev–Trinajstić information content (AvgIpc) is 2.87. The molecule has 2 nitrogen and oxygen atoms in total. The van der Waals surface area contributed by atoms with Crippen LogP contribution in [0.4, 0.5) is 0 Å². The first-order chi connectivity index (χ1) is 11.6. The third kappa shape index (κ3) is 3.44. The number of hydrogen-bond acceptors (Lipinski definition) is 2. The zero-order chi connectivity index (χ0) is 17.0. The van der Waals surface area contributed by atoms with Crippen molar-refractivity contribution in [2.24, 2.45) is 0 Å². The van der Waals surface area contributed by atoms with Gasteiger partial charge in [-0.25, -0.2) is 8.42 Å². The topological polar surface area (TPSA) is 34.1 Å². The van der Waals surface area contributed by atoms with E-state index in [1.54, 1.807) is 24.3 Å². The van der Waals surface area contributed by atoms with Crippen LogP contribution in [0.3, 0.4) is 0 Å². The van der Waals surface area contributed by atoms with E-state index in [0.29, 0.717) is 20.9 Å². The molecule has 4 heteroatoms. The minimum atomic E-state index is -3.65. The van der Waals surface area contributed by atoms with E-state index in [0.717, 1.165) is 3.57 Å². The van der Waals surface area contributed by atoms with Crippen molar-refractivity contribution in [2.45, 2.75) is 4.90 Å². The lowest BCUT2D eigenvalue weighted by Crippen LogP contribution is -2.07. The lowest BCUT2D eigenvalue weighted by molar-refractivity contribution is 0.606. The highest BCUT2D eigenvalue weighted by Gasteiger charge is 2.26. The molecule has 0 saturated heterocycles. The maximum atomic E-state index is 13.3. The molecule has 0 N–H and O–H groups in total. The Kier molecular flexibility index (Phi) is 5.16. The minimum absolute atomic E-state index is 0.297. The molecular weight excluding hydrogens is 431 g/mol. The van der Waals surface area contributed by atoms with Gasteiger partial charge in [-0.3, -0.25) is 0 Å². The van der Waals surface area contributed by atoms with Crippen molar-refractivity contribution in [1.82, 2.24) is 0 Å². The molecule has 1 aliphatic rings. The number of hydrogen-bond donors (Lipinski definition) is 0. The predicted octanol–water partition coefficient (Wildman–Crippen LogP) is 5.16. The Bertz CT molecular complexity index is 948. The van der Waals surface area contributed by atoms with Crippen LogP contribution in [0, 0.1) is 3.57 Å². The van der Waals surface area contributed by atoms with Gasteiger partial charge in [0.2, 0.25) is 9.84 Å². The Morgan fingerprint density at radius 1 is 0.750 bits per heavy atom. The Morgan fingerprint density at radius 2 is 1.33 bits per heavy atom. The first-order valence-electron chi connectivity index (χ1n) is 7.41. The van der Waals surface area contributed by atoms with Gasteiger partial charge in [0.05, 0.1) is 9.80 Å². The largest absolute Gasteiger partial charge is 0.218 e. The lowest BCUT2D eigenvalue weighted by Gasteiger charge is -2.14. The van der Waals surface area contributed by atoms with E-state index in [2.05, 4.69) is 22.6 Å². The summed E-state index contributed by atoms with van der Waals surface area (Å²) in [6.07, 6.45) is 11.1. The van der Waals surface area contributed by atoms with Crippen LogP contribution in [-0.4, -0.2) is 8.42 Å². The molecule has 0 amide bonds. The monoisotopic (exact) mass is 446 g/mol. The Balaban J connectivity index is 2.33. The van der Waals surface area contributed by atoms with E-state index >= 15 is 0 Å². The van der Waals surface area contributed by atoms with Crippen LogP contribution in [-0.2, 0) is 9.84 Å². The molecule has 120 valence electrons. The number of benzene rings is 2. The van der Waals surface area contributed by atoms with Crippen LogP contribution < -0.4 is 0 Å². The summed E-state index contributed by atoms with van der Waals surface area (Å²) in [7, 11) is -3.65. The summed E-state index contributed by atoms with van der Waals surface area (Å²) >= 11 is 2.18. The second-order valence-corrected chi connectivity index (χ2v) is 8.23. The summed E-state index contributed by atoms with van der Waals surface area (Å²) in [5.74, 6) is 0. The van der Waals surface area contributed by atoms with Crippen LogP contribution in [0.25, 0.3) is 4.91 Å². The standard InChI is InChI=1S/C20H15IO2S/c21-19-15-9-8-14-18(19)20(16-10-4-1-2-5-11-16)24(22,23)17-12-6-3-7-13-17/h1-15H. The number of halogens is 1. The van der Waals surface area contributed by atoms with E-state index in [9.17, 15) is 8.42 Å². The van der Waals surface area contributed by atoms with Gasteiger partial charge in [-0.1, -0.05) is 72.9 Å². The van der Waals surface area contributed by atoms with Crippen molar-refractivity contribution >= 4 is 37.3 Å². The molecule has 24 heavy (non-hydrogen) atoms. The molecule has 0 radical (unpaired) electrons. The fourth-order valence-corrected chi connectivity index (χ4v) is 4.98. The van der Waals surface area contributed by atoms with E-state index in [1.807, 2.05) is 66.8 Å². The SMILES string of the molecule is O=S(=O)(C(=C1C=CC=CC=C1)c1ccccc1I)c1ccccc1. The number of rotatable bonds is 3. The molecule has 0 spiro atoms. The average molecular weight is 446 g/mol. The highest BCUT2D eigenvalue weighted by atomic mass is 127. The molecule has 0 aromatic heterocycles. The number of allylic oxidation sites excluding steroid dienone is 7. The summed E-state index contributed by atoms with van der Waals surface area (Å²) in [6, 6.07) is 16.1. The molecule has 0 atom stereocenters. The fourth-order valence-electron chi connectivity index (χ4n) is 2.47. The van der Waals surface area contributed by atoms with Crippen LogP contribution in [0.15, 0.2) is 102 Å². The van der Waals surface area contributed by atoms with Gasteiger partial charge in [0.15, 0.2) is 0 Å². The zero-order valence-electron chi connectivity index (χ0n) is 12.8.